The van der Waals surface area contributed by atoms with E-state index in [0.717, 1.165) is 36.9 Å². The molecule has 1 aromatic heterocycles. The second kappa shape index (κ2) is 9.33. The molecule has 176 valence electrons. The maximum atomic E-state index is 13.2. The van der Waals surface area contributed by atoms with Gasteiger partial charge in [-0.15, -0.1) is 0 Å². The molecule has 7 heteroatoms. The lowest BCUT2D eigenvalue weighted by Crippen LogP contribution is -2.41. The molecule has 2 heterocycles. The first kappa shape index (κ1) is 22.2. The van der Waals surface area contributed by atoms with Gasteiger partial charge in [0.25, 0.3) is 5.91 Å². The van der Waals surface area contributed by atoms with E-state index in [9.17, 15) is 9.59 Å². The van der Waals surface area contributed by atoms with E-state index in [1.807, 2.05) is 30.0 Å². The van der Waals surface area contributed by atoms with Gasteiger partial charge in [0.05, 0.1) is 6.04 Å². The van der Waals surface area contributed by atoms with Crippen LogP contribution in [0.2, 0.25) is 0 Å². The number of amides is 2. The summed E-state index contributed by atoms with van der Waals surface area (Å²) in [6.07, 6.45) is 4.14. The van der Waals surface area contributed by atoms with E-state index in [1.54, 1.807) is 0 Å². The highest BCUT2D eigenvalue weighted by Gasteiger charge is 2.39. The fourth-order valence-electron chi connectivity index (χ4n) is 4.56. The number of nitrogens with zero attached hydrogens (tertiary/aromatic N) is 2. The lowest BCUT2D eigenvalue weighted by Gasteiger charge is -2.38. The number of carbonyl (C=O) groups excluding carboxylic acids is 2. The third-order valence-corrected chi connectivity index (χ3v) is 6.40. The second-order valence-electron chi connectivity index (χ2n) is 9.01. The van der Waals surface area contributed by atoms with E-state index in [1.165, 1.54) is 17.4 Å². The van der Waals surface area contributed by atoms with Crippen molar-refractivity contribution in [2.45, 2.75) is 45.8 Å². The molecule has 5 rings (SSSR count). The number of rotatable bonds is 7. The van der Waals surface area contributed by atoms with Crippen molar-refractivity contribution in [2.24, 2.45) is 5.92 Å². The molecule has 0 bridgehead atoms. The van der Waals surface area contributed by atoms with Crippen molar-refractivity contribution in [1.82, 2.24) is 15.2 Å². The van der Waals surface area contributed by atoms with Crippen LogP contribution in [0.3, 0.4) is 0 Å². The minimum atomic E-state index is -0.271. The number of carbonyl (C=O) groups is 2. The largest absolute Gasteiger partial charge is 0.484 e. The van der Waals surface area contributed by atoms with Gasteiger partial charge in [-0.1, -0.05) is 35.9 Å². The smallest absolute Gasteiger partial charge is 0.273 e. The minimum absolute atomic E-state index is 0.109. The normalized spacial score (nSPS) is 17.2. The zero-order valence-electron chi connectivity index (χ0n) is 19.5. The highest BCUT2D eigenvalue weighted by molar-refractivity contribution is 5.91. The summed E-state index contributed by atoms with van der Waals surface area (Å²) in [5.41, 5.74) is 4.85. The molecule has 2 aliphatic rings. The Bertz CT molecular complexity index is 1210. The molecular formula is C27H29N3O4. The predicted molar refractivity (Wildman–Crippen MR) is 126 cm³/mol. The first-order chi connectivity index (χ1) is 16.5. The van der Waals surface area contributed by atoms with Crippen LogP contribution in [0.15, 0.2) is 53.1 Å². The minimum Gasteiger partial charge on any atom is -0.484 e. The molecule has 1 aliphatic carbocycles. The molecule has 2 amide bonds. The number of aryl methyl sites for hydroxylation is 1. The number of aromatic nitrogens is 1. The van der Waals surface area contributed by atoms with Crippen molar-refractivity contribution in [1.29, 1.82) is 0 Å². The van der Waals surface area contributed by atoms with Crippen LogP contribution in [0.4, 0.5) is 0 Å². The first-order valence-electron chi connectivity index (χ1n) is 11.9. The standard InChI is InChI=1S/C27H29N3O4/c1-3-28-26(31)23-15-34-24(29-23)16-33-21-10-9-18-11-12-30(27(32)19-7-8-19)25(22(18)14-21)20-6-4-5-17(2)13-20/h4-6,9-10,13-15,19,25H,3,7-8,11-12,16H2,1-2H3,(H,28,31)/t25-/m1/s1. The fraction of sp³-hybridized carbons (Fsp3) is 0.370. The van der Waals surface area contributed by atoms with Crippen molar-refractivity contribution in [3.8, 4) is 5.75 Å². The number of hydrogen-bond acceptors (Lipinski definition) is 5. The van der Waals surface area contributed by atoms with Crippen LogP contribution >= 0.6 is 0 Å². The van der Waals surface area contributed by atoms with Crippen molar-refractivity contribution >= 4 is 11.8 Å². The molecule has 1 aliphatic heterocycles. The Balaban J connectivity index is 1.41. The molecule has 3 aromatic rings. The van der Waals surface area contributed by atoms with Crippen LogP contribution in [0.5, 0.6) is 5.75 Å². The van der Waals surface area contributed by atoms with E-state index in [4.69, 9.17) is 9.15 Å². The number of oxazole rings is 1. The third kappa shape index (κ3) is 4.55. The van der Waals surface area contributed by atoms with Crippen LogP contribution in [0.1, 0.15) is 64.4 Å². The van der Waals surface area contributed by atoms with Crippen molar-refractivity contribution in [2.75, 3.05) is 13.1 Å². The number of ether oxygens (including phenoxy) is 1. The van der Waals surface area contributed by atoms with Crippen LogP contribution in [0.25, 0.3) is 0 Å². The van der Waals surface area contributed by atoms with E-state index in [0.29, 0.717) is 18.2 Å². The summed E-state index contributed by atoms with van der Waals surface area (Å²) in [6.45, 7) is 5.28. The zero-order chi connectivity index (χ0) is 23.7. The van der Waals surface area contributed by atoms with Gasteiger partial charge < -0.3 is 19.4 Å². The molecule has 2 aromatic carbocycles. The average molecular weight is 460 g/mol. The van der Waals surface area contributed by atoms with E-state index in [-0.39, 0.29) is 36.1 Å². The summed E-state index contributed by atoms with van der Waals surface area (Å²) in [6, 6.07) is 14.3. The van der Waals surface area contributed by atoms with Gasteiger partial charge in [-0.05, 0) is 61.9 Å². The zero-order valence-corrected chi connectivity index (χ0v) is 19.5. The van der Waals surface area contributed by atoms with Gasteiger partial charge in [-0.3, -0.25) is 9.59 Å². The van der Waals surface area contributed by atoms with Gasteiger partial charge in [-0.25, -0.2) is 4.98 Å². The Morgan fingerprint density at radius 3 is 2.82 bits per heavy atom. The summed E-state index contributed by atoms with van der Waals surface area (Å²) in [4.78, 5) is 31.4. The molecule has 0 saturated heterocycles. The number of hydrogen-bond donors (Lipinski definition) is 1. The lowest BCUT2D eigenvalue weighted by atomic mass is 9.87. The summed E-state index contributed by atoms with van der Waals surface area (Å²) in [7, 11) is 0. The Labute approximate surface area is 199 Å². The van der Waals surface area contributed by atoms with Gasteiger partial charge in [-0.2, -0.15) is 0 Å². The Hall–Kier alpha value is -3.61. The maximum absolute atomic E-state index is 13.2. The Morgan fingerprint density at radius 2 is 2.06 bits per heavy atom. The Morgan fingerprint density at radius 1 is 1.21 bits per heavy atom. The van der Waals surface area contributed by atoms with Crippen LogP contribution in [0, 0.1) is 12.8 Å². The second-order valence-corrected chi connectivity index (χ2v) is 9.01. The van der Waals surface area contributed by atoms with Crippen molar-refractivity contribution in [3.05, 3.63) is 82.6 Å². The maximum Gasteiger partial charge on any atom is 0.273 e. The summed E-state index contributed by atoms with van der Waals surface area (Å²) >= 11 is 0. The van der Waals surface area contributed by atoms with Crippen LogP contribution < -0.4 is 10.1 Å². The SMILES string of the molecule is CCNC(=O)c1coc(COc2ccc3c(c2)[C@@H](c2cccc(C)c2)N(C(=O)C2CC2)CC3)n1. The fourth-order valence-corrected chi connectivity index (χ4v) is 4.56. The van der Waals surface area contributed by atoms with Crippen molar-refractivity contribution in [3.63, 3.8) is 0 Å². The van der Waals surface area contributed by atoms with E-state index >= 15 is 0 Å². The molecule has 0 unspecified atom stereocenters. The molecule has 34 heavy (non-hydrogen) atoms. The molecule has 0 spiro atoms. The van der Waals surface area contributed by atoms with Crippen LogP contribution in [-0.2, 0) is 17.8 Å². The number of benzene rings is 2. The molecule has 1 fully saturated rings. The summed E-state index contributed by atoms with van der Waals surface area (Å²) in [5.74, 6) is 1.15. The third-order valence-electron chi connectivity index (χ3n) is 6.40. The molecule has 1 saturated carbocycles. The van der Waals surface area contributed by atoms with Gasteiger partial charge in [0.1, 0.15) is 12.0 Å². The van der Waals surface area contributed by atoms with E-state index in [2.05, 4.69) is 41.5 Å². The van der Waals surface area contributed by atoms with Crippen LogP contribution in [-0.4, -0.2) is 34.8 Å². The highest BCUT2D eigenvalue weighted by atomic mass is 16.5. The highest BCUT2D eigenvalue weighted by Crippen LogP contribution is 2.41. The lowest BCUT2D eigenvalue weighted by molar-refractivity contribution is -0.134. The molecule has 7 nitrogen and oxygen atoms in total. The first-order valence-corrected chi connectivity index (χ1v) is 11.9. The van der Waals surface area contributed by atoms with Gasteiger partial charge in [0.15, 0.2) is 12.3 Å². The van der Waals surface area contributed by atoms with Gasteiger partial charge in [0.2, 0.25) is 11.8 Å². The summed E-state index contributed by atoms with van der Waals surface area (Å²) < 4.78 is 11.4. The number of nitrogens with one attached hydrogen (secondary N) is 1. The topological polar surface area (TPSA) is 84.7 Å². The quantitative estimate of drug-likeness (QED) is 0.573. The van der Waals surface area contributed by atoms with E-state index < -0.39 is 0 Å². The van der Waals surface area contributed by atoms with Gasteiger partial charge in [0, 0.05) is 19.0 Å². The molecule has 1 N–H and O–H groups in total. The summed E-state index contributed by atoms with van der Waals surface area (Å²) in [5, 5.41) is 2.70. The van der Waals surface area contributed by atoms with Gasteiger partial charge >= 0.3 is 0 Å². The predicted octanol–water partition coefficient (Wildman–Crippen LogP) is 4.20. The Kier molecular flexibility index (Phi) is 6.09. The van der Waals surface area contributed by atoms with Crippen molar-refractivity contribution < 1.29 is 18.7 Å². The average Bonchev–Trinajstić information content (AvgIpc) is 3.58. The molecule has 0 radical (unpaired) electrons. The monoisotopic (exact) mass is 459 g/mol. The molecule has 1 atom stereocenters. The molecular weight excluding hydrogens is 430 g/mol. The number of fused-ring (bicyclic) bond motifs is 1.